The van der Waals surface area contributed by atoms with Gasteiger partial charge in [0.1, 0.15) is 0 Å². The fraction of sp³-hybridized carbons (Fsp3) is 0.714. The van der Waals surface area contributed by atoms with Crippen molar-refractivity contribution in [1.82, 2.24) is 4.90 Å². The summed E-state index contributed by atoms with van der Waals surface area (Å²) < 4.78 is 0. The Morgan fingerprint density at radius 2 is 2.18 bits per heavy atom. The molecular weight excluding hydrogens is 146 g/mol. The molecule has 1 N–H and O–H groups in total. The van der Waals surface area contributed by atoms with E-state index in [9.17, 15) is 9.59 Å². The van der Waals surface area contributed by atoms with Crippen LogP contribution in [0.4, 0.5) is 0 Å². The quantitative estimate of drug-likeness (QED) is 0.439. The molecule has 0 aromatic carbocycles. The van der Waals surface area contributed by atoms with Crippen molar-refractivity contribution in [3.8, 4) is 0 Å². The van der Waals surface area contributed by atoms with Crippen LogP contribution < -0.4 is 0 Å². The summed E-state index contributed by atoms with van der Waals surface area (Å²) in [7, 11) is 0. The average Bonchev–Trinajstić information content (AvgIpc) is 2.67. The van der Waals surface area contributed by atoms with Crippen LogP contribution in [0.1, 0.15) is 12.8 Å². The van der Waals surface area contributed by atoms with E-state index in [0.29, 0.717) is 12.6 Å². The van der Waals surface area contributed by atoms with E-state index >= 15 is 0 Å². The number of carboxylic acid groups (broad SMARTS) is 1. The number of carboxylic acids is 1. The number of hydrogen-bond acceptors (Lipinski definition) is 2. The molecule has 0 radical (unpaired) electrons. The van der Waals surface area contributed by atoms with Gasteiger partial charge >= 0.3 is 5.97 Å². The SMILES string of the molecule is O=C(O)C1CN(C2CC2)C1=O. The molecule has 1 atom stereocenters. The maximum atomic E-state index is 11.0. The number of likely N-dealkylation sites (tertiary alicyclic amines) is 1. The van der Waals surface area contributed by atoms with Crippen LogP contribution in [0.15, 0.2) is 0 Å². The van der Waals surface area contributed by atoms with Crippen molar-refractivity contribution in [1.29, 1.82) is 0 Å². The van der Waals surface area contributed by atoms with Gasteiger partial charge in [0, 0.05) is 12.6 Å². The lowest BCUT2D eigenvalue weighted by atomic mass is 9.99. The van der Waals surface area contributed by atoms with Crippen LogP contribution in [0.2, 0.25) is 0 Å². The van der Waals surface area contributed by atoms with Gasteiger partial charge in [0.25, 0.3) is 0 Å². The summed E-state index contributed by atoms with van der Waals surface area (Å²) in [5.41, 5.74) is 0. The highest BCUT2D eigenvalue weighted by molar-refractivity contribution is 6.01. The Labute approximate surface area is 63.8 Å². The number of aliphatic carboxylic acids is 1. The summed E-state index contributed by atoms with van der Waals surface area (Å²) in [6.07, 6.45) is 2.11. The zero-order valence-corrected chi connectivity index (χ0v) is 5.99. The molecule has 1 heterocycles. The molecule has 1 amide bonds. The van der Waals surface area contributed by atoms with Gasteiger partial charge in [-0.1, -0.05) is 0 Å². The number of carbonyl (C=O) groups is 2. The highest BCUT2D eigenvalue weighted by Crippen LogP contribution is 2.33. The van der Waals surface area contributed by atoms with Crippen LogP contribution in [0.3, 0.4) is 0 Å². The van der Waals surface area contributed by atoms with Crippen molar-refractivity contribution in [2.45, 2.75) is 18.9 Å². The second-order valence-electron chi connectivity index (χ2n) is 3.11. The number of rotatable bonds is 2. The summed E-state index contributed by atoms with van der Waals surface area (Å²) in [5.74, 6) is -1.91. The summed E-state index contributed by atoms with van der Waals surface area (Å²) in [6.45, 7) is 0.429. The van der Waals surface area contributed by atoms with Crippen molar-refractivity contribution in [2.24, 2.45) is 5.92 Å². The third kappa shape index (κ3) is 0.895. The molecule has 0 bridgehead atoms. The monoisotopic (exact) mass is 155 g/mol. The molecule has 1 saturated carbocycles. The smallest absolute Gasteiger partial charge is 0.317 e. The van der Waals surface area contributed by atoms with Gasteiger partial charge < -0.3 is 10.0 Å². The lowest BCUT2D eigenvalue weighted by Crippen LogP contribution is -2.56. The van der Waals surface area contributed by atoms with Crippen LogP contribution in [0, 0.1) is 5.92 Å². The van der Waals surface area contributed by atoms with Gasteiger partial charge in [0.2, 0.25) is 5.91 Å². The molecule has 4 heteroatoms. The summed E-state index contributed by atoms with van der Waals surface area (Å²) >= 11 is 0. The first kappa shape index (κ1) is 6.64. The molecule has 1 saturated heterocycles. The largest absolute Gasteiger partial charge is 0.481 e. The predicted molar refractivity (Wildman–Crippen MR) is 35.9 cm³/mol. The van der Waals surface area contributed by atoms with Crippen molar-refractivity contribution < 1.29 is 14.7 Å². The van der Waals surface area contributed by atoms with Crippen LogP contribution in [0.25, 0.3) is 0 Å². The Kier molecular flexibility index (Phi) is 1.19. The Hall–Kier alpha value is -1.06. The fourth-order valence-corrected chi connectivity index (χ4v) is 1.35. The van der Waals surface area contributed by atoms with Gasteiger partial charge in [-0.3, -0.25) is 9.59 Å². The molecular formula is C7H9NO3. The zero-order chi connectivity index (χ0) is 8.01. The van der Waals surface area contributed by atoms with E-state index in [-0.39, 0.29) is 5.91 Å². The molecule has 1 aliphatic carbocycles. The van der Waals surface area contributed by atoms with E-state index < -0.39 is 11.9 Å². The average molecular weight is 155 g/mol. The van der Waals surface area contributed by atoms with Crippen molar-refractivity contribution >= 4 is 11.9 Å². The summed E-state index contributed by atoms with van der Waals surface area (Å²) in [4.78, 5) is 23.0. The van der Waals surface area contributed by atoms with Gasteiger partial charge in [-0.05, 0) is 12.8 Å². The summed E-state index contributed by atoms with van der Waals surface area (Å²) in [6, 6.07) is 0.373. The predicted octanol–water partition coefficient (Wildman–Crippen LogP) is -0.308. The molecule has 11 heavy (non-hydrogen) atoms. The fourth-order valence-electron chi connectivity index (χ4n) is 1.35. The Bertz CT molecular complexity index is 222. The molecule has 2 aliphatic rings. The molecule has 0 aromatic rings. The van der Waals surface area contributed by atoms with Gasteiger partial charge in [0.15, 0.2) is 5.92 Å². The van der Waals surface area contributed by atoms with E-state index in [1.54, 1.807) is 4.90 Å². The van der Waals surface area contributed by atoms with Gasteiger partial charge in [-0.15, -0.1) is 0 Å². The number of nitrogens with zero attached hydrogens (tertiary/aromatic N) is 1. The number of carbonyl (C=O) groups excluding carboxylic acids is 1. The lowest BCUT2D eigenvalue weighted by molar-refractivity contribution is -0.162. The Morgan fingerprint density at radius 1 is 1.55 bits per heavy atom. The van der Waals surface area contributed by atoms with Crippen LogP contribution in [-0.2, 0) is 9.59 Å². The second kappa shape index (κ2) is 1.96. The molecule has 60 valence electrons. The van der Waals surface area contributed by atoms with E-state index in [0.717, 1.165) is 12.8 Å². The maximum Gasteiger partial charge on any atom is 0.317 e. The van der Waals surface area contributed by atoms with Crippen molar-refractivity contribution in [3.05, 3.63) is 0 Å². The Morgan fingerprint density at radius 3 is 2.55 bits per heavy atom. The van der Waals surface area contributed by atoms with Gasteiger partial charge in [-0.2, -0.15) is 0 Å². The normalized spacial score (nSPS) is 30.0. The van der Waals surface area contributed by atoms with Crippen LogP contribution in [0.5, 0.6) is 0 Å². The van der Waals surface area contributed by atoms with Crippen molar-refractivity contribution in [2.75, 3.05) is 6.54 Å². The molecule has 1 aliphatic heterocycles. The van der Waals surface area contributed by atoms with Crippen LogP contribution in [-0.4, -0.2) is 34.5 Å². The molecule has 4 nitrogen and oxygen atoms in total. The number of β-lactam (4-membered cyclic amide) rings is 1. The second-order valence-corrected chi connectivity index (χ2v) is 3.11. The third-order valence-corrected chi connectivity index (χ3v) is 2.25. The van der Waals surface area contributed by atoms with Gasteiger partial charge in [0.05, 0.1) is 0 Å². The van der Waals surface area contributed by atoms with E-state index in [1.165, 1.54) is 0 Å². The minimum absolute atomic E-state index is 0.194. The van der Waals surface area contributed by atoms with E-state index in [2.05, 4.69) is 0 Å². The van der Waals surface area contributed by atoms with Gasteiger partial charge in [-0.25, -0.2) is 0 Å². The number of amides is 1. The number of hydrogen-bond donors (Lipinski definition) is 1. The van der Waals surface area contributed by atoms with Crippen molar-refractivity contribution in [3.63, 3.8) is 0 Å². The minimum Gasteiger partial charge on any atom is -0.481 e. The standard InChI is InChI=1S/C7H9NO3/c9-6-5(7(10)11)3-8(6)4-1-2-4/h4-5H,1-3H2,(H,10,11). The molecule has 1 unspecified atom stereocenters. The van der Waals surface area contributed by atoms with E-state index in [1.807, 2.05) is 0 Å². The first-order valence-corrected chi connectivity index (χ1v) is 3.73. The molecule has 2 rings (SSSR count). The summed E-state index contributed by atoms with van der Waals surface area (Å²) in [5, 5.41) is 8.48. The third-order valence-electron chi connectivity index (χ3n) is 2.25. The topological polar surface area (TPSA) is 57.6 Å². The first-order valence-electron chi connectivity index (χ1n) is 3.73. The van der Waals surface area contributed by atoms with Crippen LogP contribution >= 0.6 is 0 Å². The Balaban J connectivity index is 1.95. The first-order chi connectivity index (χ1) is 5.20. The molecule has 0 spiro atoms. The van der Waals surface area contributed by atoms with E-state index in [4.69, 9.17) is 5.11 Å². The molecule has 2 fully saturated rings. The molecule has 0 aromatic heterocycles. The maximum absolute atomic E-state index is 11.0. The highest BCUT2D eigenvalue weighted by Gasteiger charge is 2.48. The zero-order valence-electron chi connectivity index (χ0n) is 5.99. The highest BCUT2D eigenvalue weighted by atomic mass is 16.4. The lowest BCUT2D eigenvalue weighted by Gasteiger charge is -2.36. The minimum atomic E-state index is -0.980.